The summed E-state index contributed by atoms with van der Waals surface area (Å²) in [7, 11) is 0. The molecule has 2 aliphatic rings. The van der Waals surface area contributed by atoms with Crippen LogP contribution >= 0.6 is 0 Å². The Morgan fingerprint density at radius 1 is 0.833 bits per heavy atom. The van der Waals surface area contributed by atoms with Gasteiger partial charge in [-0.25, -0.2) is 0 Å². The quantitative estimate of drug-likeness (QED) is 0.133. The number of anilines is 3. The van der Waals surface area contributed by atoms with E-state index in [1.165, 1.54) is 0 Å². The summed E-state index contributed by atoms with van der Waals surface area (Å²) in [6.45, 7) is 2.49. The van der Waals surface area contributed by atoms with Crippen LogP contribution in [0.4, 0.5) is 17.1 Å². The van der Waals surface area contributed by atoms with Gasteiger partial charge in [0.2, 0.25) is 0 Å². The van der Waals surface area contributed by atoms with Gasteiger partial charge in [-0.15, -0.1) is 5.10 Å². The van der Waals surface area contributed by atoms with E-state index >= 15 is 0 Å². The number of amides is 2. The lowest BCUT2D eigenvalue weighted by Crippen LogP contribution is -2.44. The Hall–Kier alpha value is -6.36. The van der Waals surface area contributed by atoms with E-state index < -0.39 is 17.4 Å². The highest BCUT2D eigenvalue weighted by Gasteiger charge is 2.52. The third kappa shape index (κ3) is 6.25. The van der Waals surface area contributed by atoms with Gasteiger partial charge in [-0.1, -0.05) is 109 Å². The number of aliphatic hydroxyl groups excluding tert-OH is 1. The highest BCUT2D eigenvalue weighted by atomic mass is 16.5. The van der Waals surface area contributed by atoms with Crippen molar-refractivity contribution >= 4 is 28.9 Å². The minimum Gasteiger partial charge on any atom is -0.454 e. The van der Waals surface area contributed by atoms with Crippen LogP contribution < -0.4 is 14.5 Å². The number of carbonyl (C=O) groups excluding carboxylic acids is 2. The average molecular weight is 718 g/mol. The van der Waals surface area contributed by atoms with Crippen LogP contribution in [0.3, 0.4) is 0 Å². The van der Waals surface area contributed by atoms with Crippen molar-refractivity contribution in [3.05, 3.63) is 174 Å². The molecule has 3 heterocycles. The molecule has 5 aromatic carbocycles. The zero-order valence-electron chi connectivity index (χ0n) is 29.7. The monoisotopic (exact) mass is 717 g/mol. The zero-order valence-corrected chi connectivity index (χ0v) is 29.7. The van der Waals surface area contributed by atoms with Gasteiger partial charge in [-0.2, -0.15) is 0 Å². The van der Waals surface area contributed by atoms with Crippen LogP contribution in [0.5, 0.6) is 11.5 Å². The van der Waals surface area contributed by atoms with Gasteiger partial charge in [0.1, 0.15) is 5.75 Å². The molecule has 3 atom stereocenters. The number of hydrogen-bond acceptors (Lipinski definition) is 7. The third-order valence-corrected chi connectivity index (χ3v) is 10.2. The van der Waals surface area contributed by atoms with Crippen molar-refractivity contribution in [2.45, 2.75) is 38.0 Å². The van der Waals surface area contributed by atoms with E-state index in [1.54, 1.807) is 32.7 Å². The maximum atomic E-state index is 14.3. The second-order valence-electron chi connectivity index (χ2n) is 13.6. The van der Waals surface area contributed by atoms with Crippen LogP contribution in [0, 0.1) is 5.92 Å². The molecule has 0 saturated carbocycles. The summed E-state index contributed by atoms with van der Waals surface area (Å²) >= 11 is 0. The van der Waals surface area contributed by atoms with Gasteiger partial charge in [0.15, 0.2) is 11.4 Å². The summed E-state index contributed by atoms with van der Waals surface area (Å²) in [6.07, 6.45) is 6.26. The van der Waals surface area contributed by atoms with Crippen molar-refractivity contribution in [1.82, 2.24) is 15.0 Å². The minimum atomic E-state index is -1.78. The van der Waals surface area contributed by atoms with Gasteiger partial charge < -0.3 is 19.8 Å². The van der Waals surface area contributed by atoms with Gasteiger partial charge in [0.05, 0.1) is 41.7 Å². The molecule has 6 aromatic rings. The summed E-state index contributed by atoms with van der Waals surface area (Å²) in [6, 6.07) is 39.2. The fraction of sp³-hybridized carbons (Fsp3) is 0.182. The number of para-hydroxylation sites is 4. The molecule has 54 heavy (non-hydrogen) atoms. The lowest BCUT2D eigenvalue weighted by atomic mass is 9.83. The van der Waals surface area contributed by atoms with Gasteiger partial charge in [-0.05, 0) is 60.0 Å². The number of rotatable bonds is 11. The van der Waals surface area contributed by atoms with Crippen LogP contribution in [0.15, 0.2) is 146 Å². The molecule has 8 rings (SSSR count). The Morgan fingerprint density at radius 2 is 1.56 bits per heavy atom. The second-order valence-corrected chi connectivity index (χ2v) is 13.6. The number of aromatic nitrogens is 3. The summed E-state index contributed by atoms with van der Waals surface area (Å²) in [4.78, 5) is 31.6. The fourth-order valence-corrected chi connectivity index (χ4v) is 7.38. The number of aliphatic hydroxyl groups is 2. The number of ether oxygens (including phenoxy) is 1. The maximum Gasteiger partial charge on any atom is 0.266 e. The number of aryl methyl sites for hydroxylation is 1. The molecular formula is C44H39N5O5. The number of fused-ring (bicyclic) bond motifs is 3. The Labute approximate surface area is 313 Å². The van der Waals surface area contributed by atoms with Crippen molar-refractivity contribution in [2.24, 2.45) is 5.92 Å². The molecule has 10 nitrogen and oxygen atoms in total. The van der Waals surface area contributed by atoms with Crippen LogP contribution in [0.2, 0.25) is 0 Å². The first-order chi connectivity index (χ1) is 26.4. The first kappa shape index (κ1) is 34.7. The molecule has 2 aliphatic heterocycles. The summed E-state index contributed by atoms with van der Waals surface area (Å²) in [5.74, 6) is -0.404. The van der Waals surface area contributed by atoms with Gasteiger partial charge in [0, 0.05) is 29.9 Å². The van der Waals surface area contributed by atoms with Crippen molar-refractivity contribution in [2.75, 3.05) is 16.4 Å². The molecule has 0 bridgehead atoms. The first-order valence-corrected chi connectivity index (χ1v) is 18.0. The van der Waals surface area contributed by atoms with Gasteiger partial charge in [-0.3, -0.25) is 19.2 Å². The number of hydrogen-bond donors (Lipinski definition) is 2. The summed E-state index contributed by atoms with van der Waals surface area (Å²) in [5.41, 5.74) is 3.53. The van der Waals surface area contributed by atoms with E-state index in [1.807, 2.05) is 134 Å². The predicted molar refractivity (Wildman–Crippen MR) is 206 cm³/mol. The lowest BCUT2D eigenvalue weighted by Gasteiger charge is -2.28. The Balaban J connectivity index is 1.00. The Kier molecular flexibility index (Phi) is 9.37. The molecule has 10 heteroatoms. The standard InChI is InChI=1S/C44H39N5O5/c1-30(14-11-12-25-47-28-37(45-46-47)35(29-50)32-16-3-2-4-17-32)44(53)36-20-6-7-21-38(36)48(43(44)52)27-31-15-13-18-33(26-31)49-39-22-8-10-24-41(39)54-40-23-9-5-19-34(40)42(49)51/h2-11,13-24,26,28,30,35,50,53H,12,25,27,29H2,1H3/b14-11+/t30-,35?,44+/m0/s1. The first-order valence-electron chi connectivity index (χ1n) is 18.0. The highest BCUT2D eigenvalue weighted by molar-refractivity contribution is 6.14. The Bertz CT molecular complexity index is 2360. The zero-order chi connectivity index (χ0) is 37.2. The van der Waals surface area contributed by atoms with Crippen molar-refractivity contribution in [3.8, 4) is 11.5 Å². The van der Waals surface area contributed by atoms with Gasteiger partial charge >= 0.3 is 0 Å². The van der Waals surface area contributed by atoms with Crippen LogP contribution in [-0.2, 0) is 23.5 Å². The summed E-state index contributed by atoms with van der Waals surface area (Å²) < 4.78 is 7.92. The van der Waals surface area contributed by atoms with E-state index in [0.29, 0.717) is 58.3 Å². The van der Waals surface area contributed by atoms with Crippen LogP contribution in [0.1, 0.15) is 52.0 Å². The number of carbonyl (C=O) groups is 2. The van der Waals surface area contributed by atoms with Crippen molar-refractivity contribution < 1.29 is 24.5 Å². The molecule has 0 saturated heterocycles. The van der Waals surface area contributed by atoms with Gasteiger partial charge in [0.25, 0.3) is 11.8 Å². The summed E-state index contributed by atoms with van der Waals surface area (Å²) in [5, 5.41) is 30.8. The lowest BCUT2D eigenvalue weighted by molar-refractivity contribution is -0.139. The molecular weight excluding hydrogens is 679 g/mol. The second kappa shape index (κ2) is 14.6. The van der Waals surface area contributed by atoms with E-state index in [0.717, 1.165) is 11.1 Å². The number of nitrogens with zero attached hydrogens (tertiary/aromatic N) is 5. The normalized spacial score (nSPS) is 17.5. The molecule has 1 unspecified atom stereocenters. The fourth-order valence-electron chi connectivity index (χ4n) is 7.38. The maximum absolute atomic E-state index is 14.3. The molecule has 0 radical (unpaired) electrons. The third-order valence-electron chi connectivity index (χ3n) is 10.2. The minimum absolute atomic E-state index is 0.0756. The predicted octanol–water partition coefficient (Wildman–Crippen LogP) is 7.50. The molecule has 0 spiro atoms. The SMILES string of the molecule is C[C@@H](/C=C/CCn1cc(C(CO)c2ccccc2)nn1)[C@]1(O)C(=O)N(Cc2cccc(N3C(=O)c4ccccc4Oc4ccccc43)c2)c2ccccc21. The van der Waals surface area contributed by atoms with E-state index in [4.69, 9.17) is 4.74 Å². The van der Waals surface area contributed by atoms with E-state index in [2.05, 4.69) is 10.3 Å². The highest BCUT2D eigenvalue weighted by Crippen LogP contribution is 2.46. The largest absolute Gasteiger partial charge is 0.454 e. The topological polar surface area (TPSA) is 121 Å². The molecule has 1 aromatic heterocycles. The Morgan fingerprint density at radius 3 is 2.37 bits per heavy atom. The molecule has 2 N–H and O–H groups in total. The van der Waals surface area contributed by atoms with Crippen molar-refractivity contribution in [1.29, 1.82) is 0 Å². The molecule has 0 aliphatic carbocycles. The van der Waals surface area contributed by atoms with Crippen LogP contribution in [0.25, 0.3) is 0 Å². The molecule has 270 valence electrons. The number of benzene rings is 5. The van der Waals surface area contributed by atoms with E-state index in [9.17, 15) is 19.8 Å². The average Bonchev–Trinajstić information content (AvgIpc) is 3.71. The molecule has 2 amide bonds. The smallest absolute Gasteiger partial charge is 0.266 e. The number of allylic oxidation sites excluding steroid dienone is 1. The van der Waals surface area contributed by atoms with E-state index in [-0.39, 0.29) is 25.0 Å². The van der Waals surface area contributed by atoms with Crippen LogP contribution in [-0.4, -0.2) is 43.6 Å². The van der Waals surface area contributed by atoms with Crippen molar-refractivity contribution in [3.63, 3.8) is 0 Å². The molecule has 0 fully saturated rings.